The van der Waals surface area contributed by atoms with Crippen LogP contribution in [0.2, 0.25) is 0 Å². The SMILES string of the molecule is CC[C@]1(C)C[C@H]([C@H](O)CNCc2ccc(OC)c(OC)c2)CCO1. The minimum atomic E-state index is -0.347. The smallest absolute Gasteiger partial charge is 0.161 e. The lowest BCUT2D eigenvalue weighted by atomic mass is 9.82. The van der Waals surface area contributed by atoms with Crippen LogP contribution < -0.4 is 14.8 Å². The predicted molar refractivity (Wildman–Crippen MR) is 94.6 cm³/mol. The van der Waals surface area contributed by atoms with Gasteiger partial charge in [0, 0.05) is 19.7 Å². The lowest BCUT2D eigenvalue weighted by Crippen LogP contribution is -2.43. The number of hydrogen-bond donors (Lipinski definition) is 2. The molecule has 0 aliphatic carbocycles. The van der Waals surface area contributed by atoms with Crippen molar-refractivity contribution >= 4 is 0 Å². The van der Waals surface area contributed by atoms with Gasteiger partial charge in [0.15, 0.2) is 11.5 Å². The molecule has 1 aromatic carbocycles. The fourth-order valence-corrected chi connectivity index (χ4v) is 3.27. The maximum atomic E-state index is 10.5. The normalized spacial score (nSPS) is 25.3. The second kappa shape index (κ2) is 8.70. The van der Waals surface area contributed by atoms with Gasteiger partial charge in [-0.3, -0.25) is 0 Å². The van der Waals surface area contributed by atoms with Crippen LogP contribution in [0, 0.1) is 5.92 Å². The van der Waals surface area contributed by atoms with E-state index in [2.05, 4.69) is 19.2 Å². The van der Waals surface area contributed by atoms with Gasteiger partial charge in [-0.25, -0.2) is 0 Å². The van der Waals surface area contributed by atoms with Crippen LogP contribution in [0.5, 0.6) is 11.5 Å². The largest absolute Gasteiger partial charge is 0.493 e. The molecule has 0 radical (unpaired) electrons. The maximum Gasteiger partial charge on any atom is 0.161 e. The number of hydrogen-bond acceptors (Lipinski definition) is 5. The molecule has 2 rings (SSSR count). The quantitative estimate of drug-likeness (QED) is 0.764. The highest BCUT2D eigenvalue weighted by Gasteiger charge is 2.34. The Kier molecular flexibility index (Phi) is 6.90. The molecule has 0 unspecified atom stereocenters. The van der Waals surface area contributed by atoms with Gasteiger partial charge in [0.25, 0.3) is 0 Å². The van der Waals surface area contributed by atoms with Crippen molar-refractivity contribution in [1.82, 2.24) is 5.32 Å². The van der Waals surface area contributed by atoms with Crippen LogP contribution in [0.3, 0.4) is 0 Å². The lowest BCUT2D eigenvalue weighted by molar-refractivity contribution is -0.107. The van der Waals surface area contributed by atoms with Crippen molar-refractivity contribution in [2.24, 2.45) is 5.92 Å². The third-order valence-electron chi connectivity index (χ3n) is 5.06. The Morgan fingerprint density at radius 1 is 1.33 bits per heavy atom. The summed E-state index contributed by atoms with van der Waals surface area (Å²) in [5, 5.41) is 13.8. The fraction of sp³-hybridized carbons (Fsp3) is 0.684. The highest BCUT2D eigenvalue weighted by atomic mass is 16.5. The first-order valence-corrected chi connectivity index (χ1v) is 8.75. The van der Waals surface area contributed by atoms with Crippen LogP contribution in [-0.4, -0.2) is 44.2 Å². The van der Waals surface area contributed by atoms with Crippen LogP contribution in [0.1, 0.15) is 38.7 Å². The van der Waals surface area contributed by atoms with Crippen molar-refractivity contribution in [3.05, 3.63) is 23.8 Å². The van der Waals surface area contributed by atoms with E-state index in [4.69, 9.17) is 14.2 Å². The van der Waals surface area contributed by atoms with Gasteiger partial charge in [-0.05, 0) is 49.8 Å². The highest BCUT2D eigenvalue weighted by molar-refractivity contribution is 5.42. The predicted octanol–water partition coefficient (Wildman–Crippen LogP) is 2.75. The number of ether oxygens (including phenoxy) is 3. The molecule has 5 heteroatoms. The Morgan fingerprint density at radius 3 is 2.75 bits per heavy atom. The first-order valence-electron chi connectivity index (χ1n) is 8.75. The van der Waals surface area contributed by atoms with Gasteiger partial charge in [-0.2, -0.15) is 0 Å². The maximum absolute atomic E-state index is 10.5. The van der Waals surface area contributed by atoms with Crippen LogP contribution in [0.4, 0.5) is 0 Å². The zero-order valence-corrected chi connectivity index (χ0v) is 15.3. The Hall–Kier alpha value is -1.30. The average Bonchev–Trinajstić information content (AvgIpc) is 2.61. The topological polar surface area (TPSA) is 60.0 Å². The number of benzene rings is 1. The summed E-state index contributed by atoms with van der Waals surface area (Å²) in [4.78, 5) is 0. The zero-order valence-electron chi connectivity index (χ0n) is 15.3. The van der Waals surface area contributed by atoms with E-state index in [-0.39, 0.29) is 11.7 Å². The molecule has 0 amide bonds. The number of aliphatic hydroxyl groups is 1. The van der Waals surface area contributed by atoms with E-state index in [1.807, 2.05) is 18.2 Å². The molecule has 1 aliphatic heterocycles. The molecule has 0 saturated carbocycles. The van der Waals surface area contributed by atoms with Gasteiger partial charge in [0.05, 0.1) is 25.9 Å². The molecule has 5 nitrogen and oxygen atoms in total. The van der Waals surface area contributed by atoms with Crippen LogP contribution in [0.25, 0.3) is 0 Å². The summed E-state index contributed by atoms with van der Waals surface area (Å²) < 4.78 is 16.4. The molecule has 0 aromatic heterocycles. The van der Waals surface area contributed by atoms with E-state index in [0.29, 0.717) is 19.0 Å². The summed E-state index contributed by atoms with van der Waals surface area (Å²) >= 11 is 0. The molecule has 1 fully saturated rings. The Labute approximate surface area is 145 Å². The standard InChI is InChI=1S/C19H31NO4/c1-5-19(2)11-15(8-9-24-19)16(21)13-20-12-14-6-7-17(22-3)18(10-14)23-4/h6-7,10,15-16,20-21H,5,8-9,11-13H2,1-4H3/t15-,16-,19-/m1/s1. The molecule has 24 heavy (non-hydrogen) atoms. The van der Waals surface area contributed by atoms with Gasteiger partial charge in [-0.1, -0.05) is 13.0 Å². The summed E-state index contributed by atoms with van der Waals surface area (Å²) in [6.45, 7) is 6.29. The molecule has 1 saturated heterocycles. The van der Waals surface area contributed by atoms with Gasteiger partial charge in [0.1, 0.15) is 0 Å². The molecule has 0 bridgehead atoms. The van der Waals surface area contributed by atoms with Crippen molar-refractivity contribution in [1.29, 1.82) is 0 Å². The molecule has 1 aliphatic rings. The van der Waals surface area contributed by atoms with Crippen molar-refractivity contribution in [3.63, 3.8) is 0 Å². The van der Waals surface area contributed by atoms with Crippen LogP contribution in [-0.2, 0) is 11.3 Å². The summed E-state index contributed by atoms with van der Waals surface area (Å²) in [6, 6.07) is 5.86. The fourth-order valence-electron chi connectivity index (χ4n) is 3.27. The number of methoxy groups -OCH3 is 2. The lowest BCUT2D eigenvalue weighted by Gasteiger charge is -2.39. The molecule has 3 atom stereocenters. The van der Waals surface area contributed by atoms with Gasteiger partial charge >= 0.3 is 0 Å². The molecular formula is C19H31NO4. The Balaban J connectivity index is 1.83. The second-order valence-electron chi connectivity index (χ2n) is 6.79. The van der Waals surface area contributed by atoms with E-state index in [1.165, 1.54) is 0 Å². The summed E-state index contributed by atoms with van der Waals surface area (Å²) in [5.41, 5.74) is 1.01. The van der Waals surface area contributed by atoms with E-state index in [1.54, 1.807) is 14.2 Å². The van der Waals surface area contributed by atoms with Crippen molar-refractivity contribution in [2.45, 2.75) is 51.4 Å². The van der Waals surface area contributed by atoms with Crippen molar-refractivity contribution < 1.29 is 19.3 Å². The van der Waals surface area contributed by atoms with E-state index >= 15 is 0 Å². The highest BCUT2D eigenvalue weighted by Crippen LogP contribution is 2.33. The molecule has 1 aromatic rings. The first-order chi connectivity index (χ1) is 11.5. The van der Waals surface area contributed by atoms with E-state index in [0.717, 1.165) is 42.9 Å². The molecule has 2 N–H and O–H groups in total. The number of rotatable bonds is 8. The van der Waals surface area contributed by atoms with Crippen molar-refractivity contribution in [3.8, 4) is 11.5 Å². The van der Waals surface area contributed by atoms with Gasteiger partial charge in [-0.15, -0.1) is 0 Å². The number of aliphatic hydroxyl groups excluding tert-OH is 1. The monoisotopic (exact) mass is 337 g/mol. The van der Waals surface area contributed by atoms with Crippen molar-refractivity contribution in [2.75, 3.05) is 27.4 Å². The van der Waals surface area contributed by atoms with Gasteiger partial charge < -0.3 is 24.6 Å². The minimum absolute atomic E-state index is 0.0900. The summed E-state index contributed by atoms with van der Waals surface area (Å²) in [5.74, 6) is 1.74. The second-order valence-corrected chi connectivity index (χ2v) is 6.79. The van der Waals surface area contributed by atoms with Crippen LogP contribution in [0.15, 0.2) is 18.2 Å². The number of nitrogens with one attached hydrogen (secondary N) is 1. The molecule has 136 valence electrons. The first kappa shape index (κ1) is 19.0. The molecule has 1 heterocycles. The average molecular weight is 337 g/mol. The van der Waals surface area contributed by atoms with Gasteiger partial charge in [0.2, 0.25) is 0 Å². The molecule has 0 spiro atoms. The van der Waals surface area contributed by atoms with Crippen LogP contribution >= 0.6 is 0 Å². The minimum Gasteiger partial charge on any atom is -0.493 e. The third-order valence-corrected chi connectivity index (χ3v) is 5.06. The van der Waals surface area contributed by atoms with E-state index < -0.39 is 0 Å². The third kappa shape index (κ3) is 4.85. The summed E-state index contributed by atoms with van der Waals surface area (Å²) in [7, 11) is 3.26. The Bertz CT molecular complexity index is 522. The molecular weight excluding hydrogens is 306 g/mol. The van der Waals surface area contributed by atoms with E-state index in [9.17, 15) is 5.11 Å². The summed E-state index contributed by atoms with van der Waals surface area (Å²) in [6.07, 6.45) is 2.48. The Morgan fingerprint density at radius 2 is 2.08 bits per heavy atom. The zero-order chi connectivity index (χ0) is 17.6.